The number of hydrogen-bond acceptors (Lipinski definition) is 4. The largest absolute Gasteiger partial charge is 0.497 e. The Balaban J connectivity index is 1.37. The monoisotopic (exact) mass is 542 g/mol. The fourth-order valence-corrected chi connectivity index (χ4v) is 5.21. The maximum atomic E-state index is 11.0. The van der Waals surface area contributed by atoms with E-state index < -0.39 is 5.97 Å². The summed E-state index contributed by atoms with van der Waals surface area (Å²) in [7, 11) is 1.65. The maximum absolute atomic E-state index is 11.0. The number of methoxy groups -OCH3 is 1. The number of aromatic nitrogens is 2. The van der Waals surface area contributed by atoms with E-state index in [-0.39, 0.29) is 0 Å². The first-order valence-electron chi connectivity index (χ1n) is 13.2. The average Bonchev–Trinajstić information content (AvgIpc) is 3.40. The van der Waals surface area contributed by atoms with Gasteiger partial charge in [0.1, 0.15) is 18.1 Å². The highest BCUT2D eigenvalue weighted by Gasteiger charge is 2.20. The van der Waals surface area contributed by atoms with Crippen LogP contribution in [0.4, 0.5) is 0 Å². The number of rotatable bonds is 9. The second-order valence-electron chi connectivity index (χ2n) is 9.71. The fraction of sp³-hybridized carbons (Fsp3) is 0.250. The van der Waals surface area contributed by atoms with Gasteiger partial charge in [-0.15, -0.1) is 0 Å². The molecule has 1 aromatic heterocycles. The lowest BCUT2D eigenvalue weighted by Crippen LogP contribution is -2.15. The number of nitrogens with zero attached hydrogens (tertiary/aromatic N) is 2. The first kappa shape index (κ1) is 26.6. The SMILES string of the molecule is COc1ccc(-c2ccc(Cl)cc2)c(COc2ccc(-c3cc(/C=C/C(=O)O)nn3C3CCCCC3)cc2)c1. The quantitative estimate of drug-likeness (QED) is 0.216. The summed E-state index contributed by atoms with van der Waals surface area (Å²) in [6, 6.07) is 24.0. The van der Waals surface area contributed by atoms with Crippen molar-refractivity contribution < 1.29 is 19.4 Å². The third-order valence-corrected chi connectivity index (χ3v) is 7.34. The molecule has 39 heavy (non-hydrogen) atoms. The number of hydrogen-bond donors (Lipinski definition) is 1. The van der Waals surface area contributed by atoms with Crippen LogP contribution in [0, 0.1) is 0 Å². The van der Waals surface area contributed by atoms with E-state index in [0.717, 1.165) is 58.4 Å². The summed E-state index contributed by atoms with van der Waals surface area (Å²) in [5.41, 5.74) is 5.76. The van der Waals surface area contributed by atoms with Crippen LogP contribution in [0.5, 0.6) is 11.5 Å². The molecule has 0 atom stereocenters. The van der Waals surface area contributed by atoms with Crippen LogP contribution in [-0.2, 0) is 11.4 Å². The van der Waals surface area contributed by atoms with Crippen molar-refractivity contribution in [2.45, 2.75) is 44.8 Å². The number of ether oxygens (including phenoxy) is 2. The summed E-state index contributed by atoms with van der Waals surface area (Å²) in [6.45, 7) is 0.374. The first-order valence-corrected chi connectivity index (χ1v) is 13.5. The zero-order valence-corrected chi connectivity index (χ0v) is 22.6. The van der Waals surface area contributed by atoms with Gasteiger partial charge in [-0.1, -0.05) is 49.1 Å². The van der Waals surface area contributed by atoms with Crippen molar-refractivity contribution in [2.75, 3.05) is 7.11 Å². The molecular weight excluding hydrogens is 512 g/mol. The Morgan fingerprint density at radius 3 is 2.36 bits per heavy atom. The normalized spacial score (nSPS) is 14.0. The lowest BCUT2D eigenvalue weighted by molar-refractivity contribution is -0.131. The van der Waals surface area contributed by atoms with Crippen molar-refractivity contribution in [1.82, 2.24) is 9.78 Å². The molecule has 0 radical (unpaired) electrons. The molecule has 6 nitrogen and oxygen atoms in total. The number of carboxylic acids is 1. The van der Waals surface area contributed by atoms with Gasteiger partial charge in [0, 0.05) is 22.2 Å². The van der Waals surface area contributed by atoms with Crippen LogP contribution in [0.1, 0.15) is 49.4 Å². The number of aliphatic carboxylic acids is 1. The van der Waals surface area contributed by atoms with Gasteiger partial charge in [-0.3, -0.25) is 4.68 Å². The highest BCUT2D eigenvalue weighted by molar-refractivity contribution is 6.30. The molecule has 0 amide bonds. The lowest BCUT2D eigenvalue weighted by Gasteiger charge is -2.24. The Labute approximate surface area is 233 Å². The lowest BCUT2D eigenvalue weighted by atomic mass is 9.95. The highest BCUT2D eigenvalue weighted by Crippen LogP contribution is 2.34. The van der Waals surface area contributed by atoms with E-state index in [9.17, 15) is 4.79 Å². The van der Waals surface area contributed by atoms with E-state index in [2.05, 4.69) is 4.68 Å². The van der Waals surface area contributed by atoms with Gasteiger partial charge in [0.05, 0.1) is 24.5 Å². The van der Waals surface area contributed by atoms with Crippen molar-refractivity contribution >= 4 is 23.6 Å². The molecule has 0 saturated heterocycles. The van der Waals surface area contributed by atoms with Crippen LogP contribution in [0.3, 0.4) is 0 Å². The van der Waals surface area contributed by atoms with E-state index in [1.54, 1.807) is 13.2 Å². The van der Waals surface area contributed by atoms with Crippen molar-refractivity contribution in [3.63, 3.8) is 0 Å². The standard InChI is InChI=1S/C32H31ClN2O4/c1-38-29-16-17-30(22-7-11-25(33)12-8-22)24(19-29)21-39-28-14-9-23(10-15-28)31-20-26(13-18-32(36)37)34-35(31)27-5-3-2-4-6-27/h7-20,27H,2-6,21H2,1H3,(H,36,37)/b18-13+. The van der Waals surface area contributed by atoms with E-state index in [4.69, 9.17) is 31.3 Å². The van der Waals surface area contributed by atoms with Crippen LogP contribution in [0.15, 0.2) is 78.9 Å². The second-order valence-corrected chi connectivity index (χ2v) is 10.1. The van der Waals surface area contributed by atoms with Gasteiger partial charge in [0.15, 0.2) is 0 Å². The molecule has 0 spiro atoms. The molecule has 200 valence electrons. The molecule has 1 aliphatic rings. The molecular formula is C32H31ClN2O4. The molecule has 0 bridgehead atoms. The zero-order valence-electron chi connectivity index (χ0n) is 21.8. The molecule has 7 heteroatoms. The topological polar surface area (TPSA) is 73.6 Å². The molecule has 3 aromatic carbocycles. The molecule has 4 aromatic rings. The summed E-state index contributed by atoms with van der Waals surface area (Å²) in [4.78, 5) is 11.0. The summed E-state index contributed by atoms with van der Waals surface area (Å²) in [6.07, 6.45) is 8.44. The third kappa shape index (κ3) is 6.52. The molecule has 1 fully saturated rings. The Bertz CT molecular complexity index is 1450. The van der Waals surface area contributed by atoms with Gasteiger partial charge in [-0.05, 0) is 84.6 Å². The van der Waals surface area contributed by atoms with Crippen LogP contribution in [0.2, 0.25) is 5.02 Å². The predicted molar refractivity (Wildman–Crippen MR) is 154 cm³/mol. The van der Waals surface area contributed by atoms with Crippen LogP contribution in [-0.4, -0.2) is 28.0 Å². The number of carboxylic acid groups (broad SMARTS) is 1. The van der Waals surface area contributed by atoms with Crippen LogP contribution < -0.4 is 9.47 Å². The third-order valence-electron chi connectivity index (χ3n) is 7.08. The summed E-state index contributed by atoms with van der Waals surface area (Å²) in [5.74, 6) is 0.532. The first-order chi connectivity index (χ1) is 19.0. The summed E-state index contributed by atoms with van der Waals surface area (Å²) in [5, 5.41) is 14.5. The average molecular weight is 543 g/mol. The summed E-state index contributed by atoms with van der Waals surface area (Å²) < 4.78 is 13.7. The Morgan fingerprint density at radius 1 is 0.974 bits per heavy atom. The van der Waals surface area contributed by atoms with Gasteiger partial charge in [-0.25, -0.2) is 4.79 Å². The minimum atomic E-state index is -0.986. The van der Waals surface area contributed by atoms with Gasteiger partial charge < -0.3 is 14.6 Å². The minimum Gasteiger partial charge on any atom is -0.497 e. The van der Waals surface area contributed by atoms with Crippen molar-refractivity contribution in [2.24, 2.45) is 0 Å². The number of halogens is 1. The molecule has 0 aliphatic heterocycles. The number of benzene rings is 3. The molecule has 5 rings (SSSR count). The molecule has 0 unspecified atom stereocenters. The zero-order chi connectivity index (χ0) is 27.2. The molecule has 1 N–H and O–H groups in total. The number of carbonyl (C=O) groups is 1. The van der Waals surface area contributed by atoms with Crippen LogP contribution in [0.25, 0.3) is 28.5 Å². The predicted octanol–water partition coefficient (Wildman–Crippen LogP) is 8.06. The van der Waals surface area contributed by atoms with E-state index in [1.807, 2.05) is 72.8 Å². The Hall–Kier alpha value is -4.03. The second kappa shape index (κ2) is 12.2. The van der Waals surface area contributed by atoms with Crippen molar-refractivity contribution in [3.05, 3.63) is 95.2 Å². The van der Waals surface area contributed by atoms with E-state index in [1.165, 1.54) is 19.3 Å². The van der Waals surface area contributed by atoms with E-state index >= 15 is 0 Å². The van der Waals surface area contributed by atoms with Gasteiger partial charge >= 0.3 is 5.97 Å². The molecule has 1 heterocycles. The van der Waals surface area contributed by atoms with E-state index in [0.29, 0.717) is 23.4 Å². The smallest absolute Gasteiger partial charge is 0.328 e. The van der Waals surface area contributed by atoms with Crippen molar-refractivity contribution in [3.8, 4) is 33.9 Å². The minimum absolute atomic E-state index is 0.316. The maximum Gasteiger partial charge on any atom is 0.328 e. The Morgan fingerprint density at radius 2 is 1.67 bits per heavy atom. The van der Waals surface area contributed by atoms with Crippen LogP contribution >= 0.6 is 11.6 Å². The van der Waals surface area contributed by atoms with Gasteiger partial charge in [0.2, 0.25) is 0 Å². The summed E-state index contributed by atoms with van der Waals surface area (Å²) >= 11 is 6.09. The van der Waals surface area contributed by atoms with Gasteiger partial charge in [0.25, 0.3) is 0 Å². The molecule has 1 saturated carbocycles. The van der Waals surface area contributed by atoms with Crippen molar-refractivity contribution in [1.29, 1.82) is 0 Å². The molecule has 1 aliphatic carbocycles. The van der Waals surface area contributed by atoms with Gasteiger partial charge in [-0.2, -0.15) is 5.10 Å². The fourth-order valence-electron chi connectivity index (χ4n) is 5.08. The Kier molecular flexibility index (Phi) is 8.33. The highest BCUT2D eigenvalue weighted by atomic mass is 35.5.